The molecule has 0 aliphatic carbocycles. The maximum atomic E-state index is 9.51. The summed E-state index contributed by atoms with van der Waals surface area (Å²) in [5.41, 5.74) is 0. The second-order valence-electron chi connectivity index (χ2n) is 10.4. The van der Waals surface area contributed by atoms with Crippen molar-refractivity contribution in [2.45, 2.75) is 73.2 Å². The minimum atomic E-state index is -1.62. The molecule has 0 rings (SSSR count). The Morgan fingerprint density at radius 2 is 0.551 bits per heavy atom. The zero-order valence-corrected chi connectivity index (χ0v) is 32.9. The number of rotatable bonds is 18. The standard InChI is InChI=1S/3C8H17NO5S2.Fe/c3*1-9(8(15)16)2-4(11)6(13)7(14)5(12)3-10;/h3*4-7,10-14H,2-3H2,1H3,(H,15,16);/q;;;+2/t3*4-,5+,6-,7-;/m111./s1. The fourth-order valence-corrected chi connectivity index (χ4v) is 3.56. The van der Waals surface area contributed by atoms with Crippen molar-refractivity contribution in [2.24, 2.45) is 0 Å². The summed E-state index contributed by atoms with van der Waals surface area (Å²) in [5.74, 6) is 0. The first-order valence-corrected chi connectivity index (χ1v) is 16.3. The molecule has 15 N–H and O–H groups in total. The van der Waals surface area contributed by atoms with Crippen LogP contribution in [0.25, 0.3) is 0 Å². The summed E-state index contributed by atoms with van der Waals surface area (Å²) in [6, 6.07) is 0. The Hall–Kier alpha value is 0.639. The van der Waals surface area contributed by atoms with Gasteiger partial charge in [-0.15, -0.1) is 37.9 Å². The van der Waals surface area contributed by atoms with Crippen LogP contribution in [0.15, 0.2) is 0 Å². The molecule has 0 aliphatic heterocycles. The van der Waals surface area contributed by atoms with Crippen molar-refractivity contribution in [1.29, 1.82) is 0 Å². The molecule has 12 atom stereocenters. The first-order chi connectivity index (χ1) is 21.9. The maximum absolute atomic E-state index is 9.51. The Bertz CT molecular complexity index is 808. The average molecular weight is 870 g/mol. The van der Waals surface area contributed by atoms with E-state index in [-0.39, 0.29) is 49.7 Å². The topological polar surface area (TPSA) is 313 Å². The molecule has 0 aromatic heterocycles. The van der Waals surface area contributed by atoms with Crippen LogP contribution in [-0.4, -0.2) is 238 Å². The van der Waals surface area contributed by atoms with Crippen molar-refractivity contribution in [3.05, 3.63) is 0 Å². The number of aliphatic hydroxyl groups excluding tert-OH is 15. The molecule has 0 heterocycles. The van der Waals surface area contributed by atoms with Crippen molar-refractivity contribution in [2.75, 3.05) is 60.6 Å². The molecule has 0 saturated carbocycles. The van der Waals surface area contributed by atoms with Gasteiger partial charge in [0.2, 0.25) is 0 Å². The minimum Gasteiger partial charge on any atom is -0.394 e. The predicted molar refractivity (Wildman–Crippen MR) is 196 cm³/mol. The molecule has 0 bridgehead atoms. The molecule has 0 amide bonds. The zero-order chi connectivity index (χ0) is 38.6. The number of aliphatic hydroxyl groups is 15. The van der Waals surface area contributed by atoms with Gasteiger partial charge in [0.05, 0.1) is 38.1 Å². The second-order valence-corrected chi connectivity index (χ2v) is 13.7. The van der Waals surface area contributed by atoms with E-state index in [9.17, 15) is 46.0 Å². The molecule has 294 valence electrons. The number of thiol groups is 3. The van der Waals surface area contributed by atoms with Gasteiger partial charge in [-0.05, 0) is 0 Å². The van der Waals surface area contributed by atoms with Gasteiger partial charge in [0.25, 0.3) is 0 Å². The summed E-state index contributed by atoms with van der Waals surface area (Å²) < 4.78 is 0.676. The van der Waals surface area contributed by atoms with E-state index in [1.807, 2.05) is 0 Å². The van der Waals surface area contributed by atoms with Gasteiger partial charge < -0.3 is 91.3 Å². The molecular weight excluding hydrogens is 819 g/mol. The Morgan fingerprint density at radius 3 is 0.673 bits per heavy atom. The summed E-state index contributed by atoms with van der Waals surface area (Å²) in [4.78, 5) is 4.18. The summed E-state index contributed by atoms with van der Waals surface area (Å²) in [7, 11) is 4.67. The Morgan fingerprint density at radius 1 is 0.408 bits per heavy atom. The molecule has 0 fully saturated rings. The molecule has 0 aliphatic rings. The normalized spacial score (nSPS) is 18.3. The fraction of sp³-hybridized carbons (Fsp3) is 0.875. The molecule has 49 heavy (non-hydrogen) atoms. The van der Waals surface area contributed by atoms with E-state index < -0.39 is 93.1 Å². The molecular formula is C24H51FeN3O15S6+2. The van der Waals surface area contributed by atoms with Crippen molar-refractivity contribution in [1.82, 2.24) is 14.7 Å². The third-order valence-corrected chi connectivity index (χ3v) is 8.30. The van der Waals surface area contributed by atoms with Crippen LogP contribution in [0.1, 0.15) is 0 Å². The van der Waals surface area contributed by atoms with Crippen LogP contribution in [0.3, 0.4) is 0 Å². The quantitative estimate of drug-likeness (QED) is 0.0346. The van der Waals surface area contributed by atoms with Crippen LogP contribution >= 0.6 is 74.5 Å². The van der Waals surface area contributed by atoms with Crippen LogP contribution < -0.4 is 0 Å². The second kappa shape index (κ2) is 30.0. The summed E-state index contributed by atoms with van der Waals surface area (Å²) >= 11 is 25.7. The van der Waals surface area contributed by atoms with Gasteiger partial charge in [0.1, 0.15) is 67.9 Å². The van der Waals surface area contributed by atoms with Gasteiger partial charge in [0.15, 0.2) is 0 Å². The third kappa shape index (κ3) is 23.8. The van der Waals surface area contributed by atoms with E-state index in [2.05, 4.69) is 37.9 Å². The van der Waals surface area contributed by atoms with Crippen LogP contribution in [-0.2, 0) is 17.1 Å². The van der Waals surface area contributed by atoms with E-state index in [1.165, 1.54) is 14.7 Å². The van der Waals surface area contributed by atoms with E-state index in [0.29, 0.717) is 0 Å². The number of thiocarbonyl (C=S) groups is 3. The Labute approximate surface area is 327 Å². The number of nitrogens with zero attached hydrogens (tertiary/aromatic N) is 3. The Kier molecular flexibility index (Phi) is 34.5. The molecule has 0 aromatic rings. The van der Waals surface area contributed by atoms with E-state index in [4.69, 9.17) is 67.3 Å². The van der Waals surface area contributed by atoms with Gasteiger partial charge in [-0.3, -0.25) is 0 Å². The minimum absolute atomic E-state index is 0. The van der Waals surface area contributed by atoms with Crippen molar-refractivity contribution in [3.63, 3.8) is 0 Å². The number of hydrogen-bond donors (Lipinski definition) is 18. The molecule has 0 spiro atoms. The number of hydrogen-bond acceptors (Lipinski definition) is 18. The van der Waals surface area contributed by atoms with Crippen LogP contribution in [0, 0.1) is 0 Å². The van der Waals surface area contributed by atoms with Crippen molar-refractivity contribution < 1.29 is 93.7 Å². The third-order valence-electron chi connectivity index (χ3n) is 6.34. The average Bonchev–Trinajstić information content (AvgIpc) is 3.04. The SMILES string of the molecule is CN(C[C@@H](O)[C@@H](O)[C@H](O)[C@@H](O)CO)C(=S)S.CN(C[C@@H](O)[C@@H](O)[C@H](O)[C@@H](O)CO)C(=S)S.CN(C[C@@H](O)[C@@H](O)[C@H](O)[C@@H](O)CO)C(=S)S.[Fe+2]. The largest absolute Gasteiger partial charge is 2.00 e. The van der Waals surface area contributed by atoms with Crippen molar-refractivity contribution in [3.8, 4) is 0 Å². The van der Waals surface area contributed by atoms with Crippen molar-refractivity contribution >= 4 is 87.5 Å². The number of likely N-dealkylation sites (N-methyl/N-ethyl adjacent to an activating group) is 3. The smallest absolute Gasteiger partial charge is 0.394 e. The zero-order valence-electron chi connectivity index (χ0n) is 26.6. The molecule has 0 radical (unpaired) electrons. The summed E-state index contributed by atoms with van der Waals surface area (Å²) in [6.45, 7) is -2.24. The molecule has 18 nitrogen and oxygen atoms in total. The summed E-state index contributed by atoms with van der Waals surface area (Å²) in [5, 5.41) is 138. The van der Waals surface area contributed by atoms with Crippen LogP contribution in [0.4, 0.5) is 0 Å². The van der Waals surface area contributed by atoms with E-state index >= 15 is 0 Å². The fourth-order valence-electron chi connectivity index (χ4n) is 3.09. The van der Waals surface area contributed by atoms with Gasteiger partial charge in [-0.2, -0.15) is 0 Å². The molecule has 0 saturated heterocycles. The molecule has 0 aromatic carbocycles. The first-order valence-electron chi connectivity index (χ1n) is 13.7. The maximum Gasteiger partial charge on any atom is 2.00 e. The predicted octanol–water partition coefficient (Wildman–Crippen LogP) is -7.30. The van der Waals surface area contributed by atoms with Gasteiger partial charge >= 0.3 is 17.1 Å². The first kappa shape index (κ1) is 56.4. The molecule has 25 heteroatoms. The van der Waals surface area contributed by atoms with E-state index in [1.54, 1.807) is 21.1 Å². The summed E-state index contributed by atoms with van der Waals surface area (Å²) in [6.07, 6.45) is -18.0. The molecule has 0 unspecified atom stereocenters. The van der Waals surface area contributed by atoms with Gasteiger partial charge in [-0.1, -0.05) is 36.7 Å². The van der Waals surface area contributed by atoms with E-state index in [0.717, 1.165) is 0 Å². The van der Waals surface area contributed by atoms with Gasteiger partial charge in [0, 0.05) is 40.8 Å². The van der Waals surface area contributed by atoms with Gasteiger partial charge in [-0.25, -0.2) is 0 Å². The Balaban J connectivity index is -0.000000307. The van der Waals surface area contributed by atoms with Crippen LogP contribution in [0.5, 0.6) is 0 Å². The van der Waals surface area contributed by atoms with Crippen LogP contribution in [0.2, 0.25) is 0 Å². The monoisotopic (exact) mass is 869 g/mol.